The lowest BCUT2D eigenvalue weighted by atomic mass is 10.1. The van der Waals surface area contributed by atoms with E-state index in [1.165, 1.54) is 5.00 Å². The predicted octanol–water partition coefficient (Wildman–Crippen LogP) is 3.71. The number of anilines is 2. The number of piperidine rings is 1. The third-order valence-corrected chi connectivity index (χ3v) is 6.24. The summed E-state index contributed by atoms with van der Waals surface area (Å²) in [6.45, 7) is 12.0. The van der Waals surface area contributed by atoms with Crippen molar-refractivity contribution in [1.29, 1.82) is 0 Å². The molecule has 2 N–H and O–H groups in total. The Hall–Kier alpha value is -2.28. The molecule has 3 heterocycles. The first kappa shape index (κ1) is 21.4. The number of nitrogens with one attached hydrogen (secondary N) is 2. The Kier molecular flexibility index (Phi) is 8.16. The van der Waals surface area contributed by atoms with E-state index in [0.29, 0.717) is 12.6 Å². The van der Waals surface area contributed by atoms with Crippen LogP contribution in [0.3, 0.4) is 0 Å². The van der Waals surface area contributed by atoms with Gasteiger partial charge in [0.1, 0.15) is 5.82 Å². The summed E-state index contributed by atoms with van der Waals surface area (Å²) >= 11 is 1.82. The maximum absolute atomic E-state index is 4.79. The average Bonchev–Trinajstić information content (AvgIpc) is 3.29. The highest BCUT2D eigenvalue weighted by atomic mass is 32.1. The molecule has 29 heavy (non-hydrogen) atoms. The molecule has 2 aromatic rings. The van der Waals surface area contributed by atoms with Crippen molar-refractivity contribution in [2.75, 3.05) is 42.5 Å². The lowest BCUT2D eigenvalue weighted by Gasteiger charge is -2.33. The quantitative estimate of drug-likeness (QED) is 0.509. The van der Waals surface area contributed by atoms with Crippen LogP contribution in [0.5, 0.6) is 0 Å². The molecule has 0 atom stereocenters. The molecule has 7 heteroatoms. The smallest absolute Gasteiger partial charge is 0.191 e. The molecular weight excluding hydrogens is 380 g/mol. The van der Waals surface area contributed by atoms with E-state index in [1.807, 2.05) is 17.5 Å². The Balaban J connectivity index is 1.53. The van der Waals surface area contributed by atoms with Crippen molar-refractivity contribution >= 4 is 28.1 Å². The summed E-state index contributed by atoms with van der Waals surface area (Å²) in [5.41, 5.74) is 1.13. The third kappa shape index (κ3) is 6.10. The van der Waals surface area contributed by atoms with E-state index in [4.69, 9.17) is 4.99 Å². The first-order valence-corrected chi connectivity index (χ1v) is 11.6. The van der Waals surface area contributed by atoms with Gasteiger partial charge in [-0.15, -0.1) is 11.3 Å². The highest BCUT2D eigenvalue weighted by molar-refractivity contribution is 7.14. The van der Waals surface area contributed by atoms with Gasteiger partial charge in [0.2, 0.25) is 0 Å². The van der Waals surface area contributed by atoms with Gasteiger partial charge in [-0.05, 0) is 62.8 Å². The zero-order chi connectivity index (χ0) is 20.5. The lowest BCUT2D eigenvalue weighted by molar-refractivity contribution is 0.463. The number of aromatic nitrogens is 1. The van der Waals surface area contributed by atoms with Gasteiger partial charge in [-0.2, -0.15) is 0 Å². The topological polar surface area (TPSA) is 55.8 Å². The van der Waals surface area contributed by atoms with E-state index in [9.17, 15) is 0 Å². The summed E-state index contributed by atoms with van der Waals surface area (Å²) in [5.74, 6) is 1.93. The van der Waals surface area contributed by atoms with Gasteiger partial charge in [0, 0.05) is 45.0 Å². The van der Waals surface area contributed by atoms with Crippen LogP contribution in [0.2, 0.25) is 0 Å². The standard InChI is InChI=1S/C22H34N6S/c1-4-23-22(25-17-18-9-10-20(24-16-18)27(5-2)6-3)26-19-11-13-28(14-12-19)21-8-7-15-29-21/h7-10,15-16,19H,4-6,11-14,17H2,1-3H3,(H2,23,25,26). The summed E-state index contributed by atoms with van der Waals surface area (Å²) in [6, 6.07) is 9.03. The van der Waals surface area contributed by atoms with Crippen LogP contribution in [-0.2, 0) is 6.54 Å². The first-order valence-electron chi connectivity index (χ1n) is 10.8. The summed E-state index contributed by atoms with van der Waals surface area (Å²) in [6.07, 6.45) is 4.20. The molecule has 1 fully saturated rings. The minimum absolute atomic E-state index is 0.465. The molecule has 0 amide bonds. The van der Waals surface area contributed by atoms with Gasteiger partial charge >= 0.3 is 0 Å². The summed E-state index contributed by atoms with van der Waals surface area (Å²) in [5, 5.41) is 10.5. The van der Waals surface area contributed by atoms with Crippen molar-refractivity contribution in [2.24, 2.45) is 4.99 Å². The number of hydrogen-bond donors (Lipinski definition) is 2. The number of hydrogen-bond acceptors (Lipinski definition) is 5. The van der Waals surface area contributed by atoms with Crippen molar-refractivity contribution in [3.05, 3.63) is 41.4 Å². The van der Waals surface area contributed by atoms with E-state index >= 15 is 0 Å². The van der Waals surface area contributed by atoms with Crippen LogP contribution >= 0.6 is 11.3 Å². The number of rotatable bonds is 8. The molecule has 0 unspecified atom stereocenters. The molecule has 0 aromatic carbocycles. The van der Waals surface area contributed by atoms with Gasteiger partial charge in [-0.25, -0.2) is 9.98 Å². The zero-order valence-electron chi connectivity index (χ0n) is 17.9. The monoisotopic (exact) mass is 414 g/mol. The molecule has 0 aliphatic carbocycles. The SMILES string of the molecule is CCNC(=NCc1ccc(N(CC)CC)nc1)NC1CCN(c2cccs2)CC1. The lowest BCUT2D eigenvalue weighted by Crippen LogP contribution is -2.48. The van der Waals surface area contributed by atoms with Crippen LogP contribution in [0.25, 0.3) is 0 Å². The van der Waals surface area contributed by atoms with Crippen molar-refractivity contribution in [1.82, 2.24) is 15.6 Å². The molecule has 1 aliphatic rings. The second-order valence-corrected chi connectivity index (χ2v) is 8.18. The van der Waals surface area contributed by atoms with Crippen molar-refractivity contribution < 1.29 is 0 Å². The van der Waals surface area contributed by atoms with E-state index in [-0.39, 0.29) is 0 Å². The Morgan fingerprint density at radius 3 is 2.59 bits per heavy atom. The Morgan fingerprint density at radius 1 is 1.21 bits per heavy atom. The van der Waals surface area contributed by atoms with E-state index in [1.54, 1.807) is 0 Å². The van der Waals surface area contributed by atoms with Crippen molar-refractivity contribution in [3.8, 4) is 0 Å². The molecule has 158 valence electrons. The second-order valence-electron chi connectivity index (χ2n) is 7.25. The Bertz CT molecular complexity index is 731. The fourth-order valence-corrected chi connectivity index (χ4v) is 4.41. The first-order chi connectivity index (χ1) is 14.2. The summed E-state index contributed by atoms with van der Waals surface area (Å²) < 4.78 is 0. The fraction of sp³-hybridized carbons (Fsp3) is 0.545. The fourth-order valence-electron chi connectivity index (χ4n) is 3.62. The number of guanidine groups is 1. The third-order valence-electron chi connectivity index (χ3n) is 5.31. The van der Waals surface area contributed by atoms with Gasteiger partial charge in [0.15, 0.2) is 5.96 Å². The Labute approximate surface area is 179 Å². The normalized spacial score (nSPS) is 15.4. The van der Waals surface area contributed by atoms with Crippen LogP contribution in [0.4, 0.5) is 10.8 Å². The average molecular weight is 415 g/mol. The van der Waals surface area contributed by atoms with E-state index in [2.05, 4.69) is 75.8 Å². The van der Waals surface area contributed by atoms with Crippen LogP contribution in [0.1, 0.15) is 39.2 Å². The zero-order valence-corrected chi connectivity index (χ0v) is 18.7. The summed E-state index contributed by atoms with van der Waals surface area (Å²) in [4.78, 5) is 14.1. The molecule has 0 saturated carbocycles. The largest absolute Gasteiger partial charge is 0.363 e. The van der Waals surface area contributed by atoms with Crippen LogP contribution < -0.4 is 20.4 Å². The van der Waals surface area contributed by atoms with Gasteiger partial charge in [-0.1, -0.05) is 6.07 Å². The van der Waals surface area contributed by atoms with Crippen LogP contribution in [0, 0.1) is 0 Å². The highest BCUT2D eigenvalue weighted by Gasteiger charge is 2.20. The number of thiophene rings is 1. The Morgan fingerprint density at radius 2 is 2.00 bits per heavy atom. The molecule has 2 aromatic heterocycles. The minimum atomic E-state index is 0.465. The molecule has 0 bridgehead atoms. The van der Waals surface area contributed by atoms with E-state index < -0.39 is 0 Å². The van der Waals surface area contributed by atoms with Gasteiger partial charge in [0.05, 0.1) is 11.5 Å². The van der Waals surface area contributed by atoms with Crippen molar-refractivity contribution in [3.63, 3.8) is 0 Å². The number of aliphatic imine (C=N–C) groups is 1. The van der Waals surface area contributed by atoms with Crippen LogP contribution in [-0.4, -0.2) is 49.7 Å². The minimum Gasteiger partial charge on any atom is -0.363 e. The number of pyridine rings is 1. The molecule has 0 radical (unpaired) electrons. The van der Waals surface area contributed by atoms with Crippen molar-refractivity contribution in [2.45, 2.75) is 46.2 Å². The molecule has 0 spiro atoms. The predicted molar refractivity (Wildman–Crippen MR) is 125 cm³/mol. The molecule has 6 nitrogen and oxygen atoms in total. The van der Waals surface area contributed by atoms with Gasteiger partial charge in [0.25, 0.3) is 0 Å². The maximum atomic E-state index is 4.79. The van der Waals surface area contributed by atoms with E-state index in [0.717, 1.165) is 62.9 Å². The highest BCUT2D eigenvalue weighted by Crippen LogP contribution is 2.24. The molecule has 1 saturated heterocycles. The molecule has 1 aliphatic heterocycles. The van der Waals surface area contributed by atoms with Gasteiger partial charge < -0.3 is 20.4 Å². The van der Waals surface area contributed by atoms with Gasteiger partial charge in [-0.3, -0.25) is 0 Å². The number of nitrogens with zero attached hydrogens (tertiary/aromatic N) is 4. The molecular formula is C22H34N6S. The second kappa shape index (κ2) is 11.0. The van der Waals surface area contributed by atoms with Crippen LogP contribution in [0.15, 0.2) is 40.8 Å². The molecule has 3 rings (SSSR count). The summed E-state index contributed by atoms with van der Waals surface area (Å²) in [7, 11) is 0. The maximum Gasteiger partial charge on any atom is 0.191 e.